The molecule has 0 unspecified atom stereocenters. The highest BCUT2D eigenvalue weighted by molar-refractivity contribution is 6.44. The summed E-state index contributed by atoms with van der Waals surface area (Å²) >= 11 is 0. The van der Waals surface area contributed by atoms with Gasteiger partial charge in [0.05, 0.1) is 18.4 Å². The van der Waals surface area contributed by atoms with Crippen molar-refractivity contribution in [3.8, 4) is 5.75 Å². The number of anilines is 1. The van der Waals surface area contributed by atoms with Crippen molar-refractivity contribution in [3.05, 3.63) is 65.4 Å². The van der Waals surface area contributed by atoms with Gasteiger partial charge in [-0.25, -0.2) is 4.90 Å². The average molecular weight is 309 g/mol. The highest BCUT2D eigenvalue weighted by atomic mass is 16.5. The summed E-state index contributed by atoms with van der Waals surface area (Å²) in [5, 5.41) is 10.1. The highest BCUT2D eigenvalue weighted by Gasteiger charge is 2.40. The standard InChI is InChI=1S/C18H15NO4/c1-11-3-5-12(6-4-11)15-16(20)18(22)19(17(15)21)13-7-9-14(23-2)10-8-13/h3-10,20H,1-2H3. The van der Waals surface area contributed by atoms with Crippen molar-refractivity contribution in [2.24, 2.45) is 0 Å². The fourth-order valence-electron chi connectivity index (χ4n) is 2.46. The summed E-state index contributed by atoms with van der Waals surface area (Å²) in [4.78, 5) is 25.9. The van der Waals surface area contributed by atoms with E-state index >= 15 is 0 Å². The molecular formula is C18H15NO4. The van der Waals surface area contributed by atoms with Crippen LogP contribution in [0.1, 0.15) is 11.1 Å². The number of aliphatic hydroxyl groups is 1. The van der Waals surface area contributed by atoms with Crippen LogP contribution >= 0.6 is 0 Å². The summed E-state index contributed by atoms with van der Waals surface area (Å²) in [5.41, 5.74) is 1.94. The monoisotopic (exact) mass is 309 g/mol. The van der Waals surface area contributed by atoms with Crippen molar-refractivity contribution in [2.45, 2.75) is 6.92 Å². The molecule has 5 nitrogen and oxygen atoms in total. The minimum atomic E-state index is -0.726. The Balaban J connectivity index is 1.99. The smallest absolute Gasteiger partial charge is 0.301 e. The molecule has 2 aromatic rings. The number of hydrogen-bond acceptors (Lipinski definition) is 4. The molecule has 2 amide bonds. The molecule has 0 saturated heterocycles. The van der Waals surface area contributed by atoms with E-state index in [-0.39, 0.29) is 5.57 Å². The molecule has 1 aliphatic rings. The number of amides is 2. The first-order chi connectivity index (χ1) is 11.0. The lowest BCUT2D eigenvalue weighted by Crippen LogP contribution is -2.31. The second-order valence-electron chi connectivity index (χ2n) is 5.23. The van der Waals surface area contributed by atoms with Crippen molar-refractivity contribution in [3.63, 3.8) is 0 Å². The lowest BCUT2D eigenvalue weighted by Gasteiger charge is -2.15. The van der Waals surface area contributed by atoms with E-state index < -0.39 is 17.6 Å². The summed E-state index contributed by atoms with van der Waals surface area (Å²) < 4.78 is 5.06. The Morgan fingerprint density at radius 3 is 2.09 bits per heavy atom. The van der Waals surface area contributed by atoms with Crippen molar-refractivity contribution >= 4 is 23.1 Å². The second-order valence-corrected chi connectivity index (χ2v) is 5.23. The number of rotatable bonds is 3. The Morgan fingerprint density at radius 2 is 1.52 bits per heavy atom. The molecule has 116 valence electrons. The fraction of sp³-hybridized carbons (Fsp3) is 0.111. The molecular weight excluding hydrogens is 294 g/mol. The maximum absolute atomic E-state index is 12.6. The third-order valence-electron chi connectivity index (χ3n) is 3.73. The molecule has 3 rings (SSSR count). The van der Waals surface area contributed by atoms with Crippen LogP contribution in [-0.4, -0.2) is 24.0 Å². The highest BCUT2D eigenvalue weighted by Crippen LogP contribution is 2.32. The largest absolute Gasteiger partial charge is 0.502 e. The lowest BCUT2D eigenvalue weighted by atomic mass is 10.0. The van der Waals surface area contributed by atoms with E-state index in [9.17, 15) is 14.7 Å². The van der Waals surface area contributed by atoms with Crippen LogP contribution in [0.15, 0.2) is 54.3 Å². The van der Waals surface area contributed by atoms with Crippen molar-refractivity contribution in [1.82, 2.24) is 0 Å². The predicted octanol–water partition coefficient (Wildman–Crippen LogP) is 2.85. The Morgan fingerprint density at radius 1 is 0.913 bits per heavy atom. The quantitative estimate of drug-likeness (QED) is 0.885. The molecule has 0 saturated carbocycles. The van der Waals surface area contributed by atoms with E-state index in [2.05, 4.69) is 0 Å². The number of imide groups is 1. The molecule has 2 aromatic carbocycles. The van der Waals surface area contributed by atoms with Crippen molar-refractivity contribution in [1.29, 1.82) is 0 Å². The maximum atomic E-state index is 12.6. The molecule has 0 aromatic heterocycles. The molecule has 0 atom stereocenters. The van der Waals surface area contributed by atoms with Gasteiger partial charge in [-0.2, -0.15) is 0 Å². The molecule has 23 heavy (non-hydrogen) atoms. The summed E-state index contributed by atoms with van der Waals surface area (Å²) in [7, 11) is 1.53. The predicted molar refractivity (Wildman–Crippen MR) is 86.2 cm³/mol. The second kappa shape index (κ2) is 5.61. The minimum Gasteiger partial charge on any atom is -0.502 e. The average Bonchev–Trinajstić information content (AvgIpc) is 2.78. The molecule has 1 aliphatic heterocycles. The Kier molecular flexibility index (Phi) is 3.62. The molecule has 0 bridgehead atoms. The van der Waals surface area contributed by atoms with Crippen molar-refractivity contribution in [2.75, 3.05) is 12.0 Å². The number of aliphatic hydroxyl groups excluding tert-OH is 1. The van der Waals surface area contributed by atoms with Gasteiger partial charge in [0.25, 0.3) is 5.91 Å². The van der Waals surface area contributed by atoms with E-state index in [1.165, 1.54) is 7.11 Å². The zero-order chi connectivity index (χ0) is 16.6. The van der Waals surface area contributed by atoms with Gasteiger partial charge in [0, 0.05) is 0 Å². The van der Waals surface area contributed by atoms with Gasteiger partial charge in [0.15, 0.2) is 5.76 Å². The molecule has 1 heterocycles. The van der Waals surface area contributed by atoms with E-state index in [0.29, 0.717) is 17.0 Å². The molecule has 0 radical (unpaired) electrons. The molecule has 0 spiro atoms. The van der Waals surface area contributed by atoms with Gasteiger partial charge in [-0.1, -0.05) is 29.8 Å². The Hall–Kier alpha value is -3.08. The number of benzene rings is 2. The number of carbonyl (C=O) groups is 2. The number of nitrogens with zero attached hydrogens (tertiary/aromatic N) is 1. The molecule has 5 heteroatoms. The van der Waals surface area contributed by atoms with Gasteiger partial charge in [0.2, 0.25) is 0 Å². The topological polar surface area (TPSA) is 66.8 Å². The number of carbonyl (C=O) groups excluding carboxylic acids is 2. The van der Waals surface area contributed by atoms with Gasteiger partial charge >= 0.3 is 5.91 Å². The zero-order valence-electron chi connectivity index (χ0n) is 12.7. The van der Waals surface area contributed by atoms with Gasteiger partial charge in [0.1, 0.15) is 5.75 Å². The van der Waals surface area contributed by atoms with Crippen molar-refractivity contribution < 1.29 is 19.4 Å². The Bertz CT molecular complexity index is 804. The van der Waals surface area contributed by atoms with E-state index in [1.807, 2.05) is 19.1 Å². The van der Waals surface area contributed by atoms with E-state index in [0.717, 1.165) is 10.5 Å². The van der Waals surface area contributed by atoms with Crippen LogP contribution in [0.5, 0.6) is 5.75 Å². The molecule has 0 aliphatic carbocycles. The lowest BCUT2D eigenvalue weighted by molar-refractivity contribution is -0.121. The summed E-state index contributed by atoms with van der Waals surface area (Å²) in [5.74, 6) is -1.18. The van der Waals surface area contributed by atoms with Gasteiger partial charge in [-0.15, -0.1) is 0 Å². The third-order valence-corrected chi connectivity index (χ3v) is 3.73. The van der Waals surface area contributed by atoms with Gasteiger partial charge < -0.3 is 9.84 Å². The van der Waals surface area contributed by atoms with E-state index in [1.54, 1.807) is 36.4 Å². The van der Waals surface area contributed by atoms with Gasteiger partial charge in [-0.05, 0) is 36.8 Å². The van der Waals surface area contributed by atoms with Gasteiger partial charge in [-0.3, -0.25) is 9.59 Å². The van der Waals surface area contributed by atoms with Crippen LogP contribution in [0.3, 0.4) is 0 Å². The van der Waals surface area contributed by atoms with Crippen LogP contribution in [0.2, 0.25) is 0 Å². The summed E-state index contributed by atoms with van der Waals surface area (Å²) in [6, 6.07) is 13.6. The normalized spacial score (nSPS) is 14.6. The van der Waals surface area contributed by atoms with Crippen LogP contribution in [-0.2, 0) is 9.59 Å². The first-order valence-corrected chi connectivity index (χ1v) is 7.06. The maximum Gasteiger partial charge on any atom is 0.301 e. The number of methoxy groups -OCH3 is 1. The minimum absolute atomic E-state index is 0.0193. The third kappa shape index (κ3) is 2.46. The Labute approximate surface area is 133 Å². The van der Waals surface area contributed by atoms with E-state index in [4.69, 9.17) is 4.74 Å². The number of hydrogen-bond donors (Lipinski definition) is 1. The first-order valence-electron chi connectivity index (χ1n) is 7.06. The van der Waals surface area contributed by atoms with Crippen LogP contribution in [0.25, 0.3) is 5.57 Å². The number of ether oxygens (including phenoxy) is 1. The fourth-order valence-corrected chi connectivity index (χ4v) is 2.46. The summed E-state index contributed by atoms with van der Waals surface area (Å²) in [6.07, 6.45) is 0. The first kappa shape index (κ1) is 14.8. The van der Waals surface area contributed by atoms with Crippen LogP contribution in [0.4, 0.5) is 5.69 Å². The molecule has 1 N–H and O–H groups in total. The number of aryl methyl sites for hydroxylation is 1. The summed E-state index contributed by atoms with van der Waals surface area (Å²) in [6.45, 7) is 1.92. The SMILES string of the molecule is COc1ccc(N2C(=O)C(O)=C(c3ccc(C)cc3)C2=O)cc1. The van der Waals surface area contributed by atoms with Crippen LogP contribution < -0.4 is 9.64 Å². The molecule has 0 fully saturated rings. The zero-order valence-corrected chi connectivity index (χ0v) is 12.7. The van der Waals surface area contributed by atoms with Crippen LogP contribution in [0, 0.1) is 6.92 Å².